The van der Waals surface area contributed by atoms with Crippen molar-refractivity contribution in [2.75, 3.05) is 38.1 Å². The third kappa shape index (κ3) is 3.62. The minimum Gasteiger partial charge on any atom is -0.354 e. The number of nitrogens with one attached hydrogen (secondary N) is 1. The van der Waals surface area contributed by atoms with Gasteiger partial charge in [0.2, 0.25) is 0 Å². The summed E-state index contributed by atoms with van der Waals surface area (Å²) in [6.07, 6.45) is 6.46. The van der Waals surface area contributed by atoms with Gasteiger partial charge in [0.05, 0.1) is 5.56 Å². The fourth-order valence-corrected chi connectivity index (χ4v) is 4.95. The van der Waals surface area contributed by atoms with Gasteiger partial charge in [0.15, 0.2) is 0 Å². The van der Waals surface area contributed by atoms with Gasteiger partial charge < -0.3 is 15.1 Å². The monoisotopic (exact) mass is 370 g/mol. The van der Waals surface area contributed by atoms with E-state index >= 15 is 0 Å². The number of aryl methyl sites for hydroxylation is 1. The molecule has 138 valence electrons. The normalized spacial score (nSPS) is 17.8. The van der Waals surface area contributed by atoms with Crippen molar-refractivity contribution in [2.45, 2.75) is 32.2 Å². The number of amides is 1. The molecule has 1 amide bonds. The number of hydrogen-bond acceptors (Lipinski definition) is 5. The van der Waals surface area contributed by atoms with Gasteiger partial charge in [0.25, 0.3) is 5.91 Å². The highest BCUT2D eigenvalue weighted by Crippen LogP contribution is 2.30. The van der Waals surface area contributed by atoms with Crippen LogP contribution < -0.4 is 10.2 Å². The SMILES string of the molecule is CN1CCN(c2ncccc2CNC(=O)c2csc3c2CCCC3)CC1. The number of carbonyl (C=O) groups is 1. The van der Waals surface area contributed by atoms with E-state index in [1.165, 1.54) is 23.3 Å². The van der Waals surface area contributed by atoms with Crippen molar-refractivity contribution < 1.29 is 4.79 Å². The first-order chi connectivity index (χ1) is 12.7. The second-order valence-corrected chi connectivity index (χ2v) is 8.18. The molecular weight excluding hydrogens is 344 g/mol. The number of rotatable bonds is 4. The van der Waals surface area contributed by atoms with Crippen molar-refractivity contribution in [1.29, 1.82) is 0 Å². The number of hydrogen-bond donors (Lipinski definition) is 1. The van der Waals surface area contributed by atoms with Gasteiger partial charge in [0, 0.05) is 54.7 Å². The fourth-order valence-electron chi connectivity index (χ4n) is 3.83. The molecule has 1 aliphatic carbocycles. The Bertz CT molecular complexity index is 780. The van der Waals surface area contributed by atoms with Gasteiger partial charge in [0.1, 0.15) is 5.82 Å². The molecule has 4 rings (SSSR count). The lowest BCUT2D eigenvalue weighted by Gasteiger charge is -2.34. The quantitative estimate of drug-likeness (QED) is 0.899. The van der Waals surface area contributed by atoms with Gasteiger partial charge in [-0.1, -0.05) is 6.07 Å². The van der Waals surface area contributed by atoms with Crippen molar-refractivity contribution in [3.8, 4) is 0 Å². The Hall–Kier alpha value is -1.92. The molecule has 1 N–H and O–H groups in total. The van der Waals surface area contributed by atoms with Crippen LogP contribution in [0.5, 0.6) is 0 Å². The van der Waals surface area contributed by atoms with E-state index in [2.05, 4.69) is 33.2 Å². The first-order valence-corrected chi connectivity index (χ1v) is 10.3. The predicted octanol–water partition coefficient (Wildman–Crippen LogP) is 2.70. The van der Waals surface area contributed by atoms with Crippen molar-refractivity contribution in [3.05, 3.63) is 45.3 Å². The lowest BCUT2D eigenvalue weighted by atomic mass is 9.95. The van der Waals surface area contributed by atoms with E-state index in [9.17, 15) is 4.79 Å². The minimum atomic E-state index is 0.0533. The molecule has 1 aliphatic heterocycles. The van der Waals surface area contributed by atoms with Gasteiger partial charge in [-0.2, -0.15) is 0 Å². The van der Waals surface area contributed by atoms with Crippen molar-refractivity contribution in [2.24, 2.45) is 0 Å². The van der Waals surface area contributed by atoms with Gasteiger partial charge in [-0.15, -0.1) is 11.3 Å². The van der Waals surface area contributed by atoms with E-state index in [1.807, 2.05) is 17.6 Å². The highest BCUT2D eigenvalue weighted by Gasteiger charge is 2.21. The van der Waals surface area contributed by atoms with Gasteiger partial charge in [-0.05, 0) is 44.4 Å². The van der Waals surface area contributed by atoms with Crippen LogP contribution in [-0.2, 0) is 19.4 Å². The van der Waals surface area contributed by atoms with Gasteiger partial charge in [-0.25, -0.2) is 4.98 Å². The van der Waals surface area contributed by atoms with Crippen LogP contribution in [0.2, 0.25) is 0 Å². The Morgan fingerprint density at radius 1 is 1.23 bits per heavy atom. The summed E-state index contributed by atoms with van der Waals surface area (Å²) >= 11 is 1.74. The minimum absolute atomic E-state index is 0.0533. The summed E-state index contributed by atoms with van der Waals surface area (Å²) < 4.78 is 0. The molecule has 6 heteroatoms. The van der Waals surface area contributed by atoms with E-state index in [0.29, 0.717) is 6.54 Å². The van der Waals surface area contributed by atoms with Crippen LogP contribution in [0.1, 0.15) is 39.2 Å². The summed E-state index contributed by atoms with van der Waals surface area (Å²) in [6.45, 7) is 4.57. The molecular formula is C20H26N4OS. The topological polar surface area (TPSA) is 48.5 Å². The molecule has 26 heavy (non-hydrogen) atoms. The number of nitrogens with zero attached hydrogens (tertiary/aromatic N) is 3. The molecule has 1 saturated heterocycles. The summed E-state index contributed by atoms with van der Waals surface area (Å²) in [7, 11) is 2.15. The van der Waals surface area contributed by atoms with Crippen molar-refractivity contribution in [3.63, 3.8) is 0 Å². The molecule has 3 heterocycles. The van der Waals surface area contributed by atoms with Crippen molar-refractivity contribution >= 4 is 23.1 Å². The second-order valence-electron chi connectivity index (χ2n) is 7.22. The zero-order valence-corrected chi connectivity index (χ0v) is 16.1. The van der Waals surface area contributed by atoms with E-state index in [0.717, 1.165) is 56.0 Å². The summed E-state index contributed by atoms with van der Waals surface area (Å²) in [4.78, 5) is 23.4. The van der Waals surface area contributed by atoms with Gasteiger partial charge in [-0.3, -0.25) is 4.79 Å². The molecule has 2 aromatic rings. The lowest BCUT2D eigenvalue weighted by molar-refractivity contribution is 0.0950. The van der Waals surface area contributed by atoms with Crippen LogP contribution in [0.4, 0.5) is 5.82 Å². The fraction of sp³-hybridized carbons (Fsp3) is 0.500. The highest BCUT2D eigenvalue weighted by molar-refractivity contribution is 7.10. The first-order valence-electron chi connectivity index (χ1n) is 9.47. The number of thiophene rings is 1. The molecule has 0 spiro atoms. The third-order valence-electron chi connectivity index (χ3n) is 5.42. The van der Waals surface area contributed by atoms with Gasteiger partial charge >= 0.3 is 0 Å². The smallest absolute Gasteiger partial charge is 0.252 e. The van der Waals surface area contributed by atoms with E-state index in [1.54, 1.807) is 11.3 Å². The molecule has 0 saturated carbocycles. The van der Waals surface area contributed by atoms with Crippen LogP contribution in [0.15, 0.2) is 23.7 Å². The molecule has 2 aromatic heterocycles. The molecule has 0 atom stereocenters. The third-order valence-corrected chi connectivity index (χ3v) is 6.50. The summed E-state index contributed by atoms with van der Waals surface area (Å²) in [5.41, 5.74) is 3.26. The van der Waals surface area contributed by atoms with Crippen LogP contribution in [0.25, 0.3) is 0 Å². The summed E-state index contributed by atoms with van der Waals surface area (Å²) in [5.74, 6) is 1.06. The first kappa shape index (κ1) is 17.5. The number of carbonyl (C=O) groups excluding carboxylic acids is 1. The van der Waals surface area contributed by atoms with Crippen LogP contribution >= 0.6 is 11.3 Å². The van der Waals surface area contributed by atoms with Crippen LogP contribution in [-0.4, -0.2) is 49.0 Å². The number of aromatic nitrogens is 1. The Labute approximate surface area is 159 Å². The highest BCUT2D eigenvalue weighted by atomic mass is 32.1. The maximum Gasteiger partial charge on any atom is 0.252 e. The molecule has 0 aromatic carbocycles. The molecule has 1 fully saturated rings. The zero-order valence-electron chi connectivity index (χ0n) is 15.3. The van der Waals surface area contributed by atoms with Crippen LogP contribution in [0, 0.1) is 0 Å². The average molecular weight is 371 g/mol. The predicted molar refractivity (Wildman–Crippen MR) is 106 cm³/mol. The molecule has 0 radical (unpaired) electrons. The maximum absolute atomic E-state index is 12.7. The zero-order chi connectivity index (χ0) is 17.9. The summed E-state index contributed by atoms with van der Waals surface area (Å²) in [5, 5.41) is 5.17. The second kappa shape index (κ2) is 7.76. The maximum atomic E-state index is 12.7. The number of pyridine rings is 1. The Morgan fingerprint density at radius 2 is 2.04 bits per heavy atom. The standard InChI is InChI=1S/C20H26N4OS/c1-23-9-11-24(12-10-23)19-15(5-4-8-21-19)13-22-20(25)17-14-26-18-7-3-2-6-16(17)18/h4-5,8,14H,2-3,6-7,9-13H2,1H3,(H,22,25). The summed E-state index contributed by atoms with van der Waals surface area (Å²) in [6, 6.07) is 4.03. The van der Waals surface area contributed by atoms with Crippen LogP contribution in [0.3, 0.4) is 0 Å². The van der Waals surface area contributed by atoms with E-state index in [-0.39, 0.29) is 5.91 Å². The van der Waals surface area contributed by atoms with E-state index < -0.39 is 0 Å². The Balaban J connectivity index is 1.45. The number of likely N-dealkylation sites (N-methyl/N-ethyl adjacent to an activating group) is 1. The lowest BCUT2D eigenvalue weighted by Crippen LogP contribution is -2.45. The van der Waals surface area contributed by atoms with E-state index in [4.69, 9.17) is 0 Å². The average Bonchev–Trinajstić information content (AvgIpc) is 3.11. The largest absolute Gasteiger partial charge is 0.354 e. The number of fused-ring (bicyclic) bond motifs is 1. The number of anilines is 1. The van der Waals surface area contributed by atoms with Crippen molar-refractivity contribution in [1.82, 2.24) is 15.2 Å². The molecule has 0 unspecified atom stereocenters. The molecule has 0 bridgehead atoms. The number of piperazine rings is 1. The molecule has 2 aliphatic rings. The Kier molecular flexibility index (Phi) is 5.22. The Morgan fingerprint density at radius 3 is 2.88 bits per heavy atom. The molecule has 5 nitrogen and oxygen atoms in total.